The van der Waals surface area contributed by atoms with Crippen molar-refractivity contribution in [3.63, 3.8) is 0 Å². The number of piperazine rings is 1. The molecule has 1 rings (SSSR count). The highest BCUT2D eigenvalue weighted by Crippen LogP contribution is 2.21. The fraction of sp³-hybridized carbons (Fsp3) is 0.909. The van der Waals surface area contributed by atoms with E-state index in [0.717, 1.165) is 6.26 Å². The van der Waals surface area contributed by atoms with E-state index in [1.54, 1.807) is 4.90 Å². The summed E-state index contributed by atoms with van der Waals surface area (Å²) in [6.45, 7) is 8.73. The number of hydrogen-bond donors (Lipinski definition) is 1. The third-order valence-electron chi connectivity index (χ3n) is 3.30. The minimum Gasteiger partial charge on any atom is -0.338 e. The van der Waals surface area contributed by atoms with Crippen LogP contribution in [0.1, 0.15) is 27.7 Å². The van der Waals surface area contributed by atoms with E-state index in [1.165, 1.54) is 13.8 Å². The van der Waals surface area contributed by atoms with Crippen LogP contribution >= 0.6 is 0 Å². The third kappa shape index (κ3) is 2.98. The summed E-state index contributed by atoms with van der Waals surface area (Å²) in [6.07, 6.45) is 1.11. The number of sulfone groups is 1. The van der Waals surface area contributed by atoms with Crippen LogP contribution in [0.3, 0.4) is 0 Å². The summed E-state index contributed by atoms with van der Waals surface area (Å²) in [5.74, 6) is -0.311. The van der Waals surface area contributed by atoms with Gasteiger partial charge in [-0.2, -0.15) is 0 Å². The fourth-order valence-corrected chi connectivity index (χ4v) is 2.30. The molecule has 1 fully saturated rings. The number of hydrogen-bond acceptors (Lipinski definition) is 4. The molecule has 0 spiro atoms. The van der Waals surface area contributed by atoms with Crippen molar-refractivity contribution >= 4 is 15.7 Å². The molecule has 0 aromatic heterocycles. The molecular formula is C11H22N2O3S. The first kappa shape index (κ1) is 14.4. The van der Waals surface area contributed by atoms with Crippen molar-refractivity contribution in [3.05, 3.63) is 0 Å². The lowest BCUT2D eigenvalue weighted by Gasteiger charge is -2.41. The van der Waals surface area contributed by atoms with Gasteiger partial charge in [-0.15, -0.1) is 0 Å². The topological polar surface area (TPSA) is 66.5 Å². The highest BCUT2D eigenvalue weighted by atomic mass is 32.2. The quantitative estimate of drug-likeness (QED) is 0.762. The lowest BCUT2D eigenvalue weighted by molar-refractivity contribution is -0.135. The van der Waals surface area contributed by atoms with Gasteiger partial charge in [-0.25, -0.2) is 8.42 Å². The molecule has 0 unspecified atom stereocenters. The molecule has 6 heteroatoms. The van der Waals surface area contributed by atoms with Gasteiger partial charge >= 0.3 is 0 Å². The van der Waals surface area contributed by atoms with Crippen molar-refractivity contribution in [3.8, 4) is 0 Å². The fourth-order valence-electron chi connectivity index (χ4n) is 1.85. The molecule has 1 aliphatic rings. The Morgan fingerprint density at radius 2 is 1.88 bits per heavy atom. The van der Waals surface area contributed by atoms with Gasteiger partial charge in [0.2, 0.25) is 5.91 Å². The molecule has 0 radical (unpaired) electrons. The number of carbonyl (C=O) groups is 1. The van der Waals surface area contributed by atoms with Crippen LogP contribution in [0.4, 0.5) is 0 Å². The first-order chi connectivity index (χ1) is 7.47. The highest BCUT2D eigenvalue weighted by Gasteiger charge is 2.43. The minimum atomic E-state index is -3.40. The second-order valence-electron chi connectivity index (χ2n) is 5.82. The van der Waals surface area contributed by atoms with Crippen LogP contribution in [0.2, 0.25) is 0 Å². The average Bonchev–Trinajstić information content (AvgIpc) is 2.13. The van der Waals surface area contributed by atoms with Gasteiger partial charge in [0.1, 0.15) is 4.75 Å². The number of carbonyl (C=O) groups excluding carboxylic acids is 1. The van der Waals surface area contributed by atoms with Crippen LogP contribution in [-0.4, -0.2) is 55.4 Å². The zero-order chi connectivity index (χ0) is 13.5. The largest absolute Gasteiger partial charge is 0.338 e. The van der Waals surface area contributed by atoms with Gasteiger partial charge in [-0.1, -0.05) is 0 Å². The van der Waals surface area contributed by atoms with Crippen LogP contribution in [0.15, 0.2) is 0 Å². The molecule has 1 saturated heterocycles. The van der Waals surface area contributed by atoms with Crippen molar-refractivity contribution in [2.75, 3.05) is 25.9 Å². The molecule has 0 bridgehead atoms. The Morgan fingerprint density at radius 3 is 2.29 bits per heavy atom. The van der Waals surface area contributed by atoms with Crippen LogP contribution in [0, 0.1) is 0 Å². The Kier molecular flexibility index (Phi) is 3.60. The van der Waals surface area contributed by atoms with Gasteiger partial charge in [0.05, 0.1) is 0 Å². The monoisotopic (exact) mass is 262 g/mol. The maximum Gasteiger partial charge on any atom is 0.243 e. The lowest BCUT2D eigenvalue weighted by atomic mass is 10.0. The van der Waals surface area contributed by atoms with Crippen molar-refractivity contribution in [2.45, 2.75) is 38.0 Å². The van der Waals surface area contributed by atoms with Crippen LogP contribution in [-0.2, 0) is 14.6 Å². The Balaban J connectivity index is 2.91. The number of nitrogens with one attached hydrogen (secondary N) is 1. The van der Waals surface area contributed by atoms with Gasteiger partial charge in [-0.05, 0) is 27.7 Å². The summed E-state index contributed by atoms with van der Waals surface area (Å²) in [5.41, 5.74) is -0.165. The van der Waals surface area contributed by atoms with Gasteiger partial charge < -0.3 is 10.2 Å². The highest BCUT2D eigenvalue weighted by molar-refractivity contribution is 7.92. The summed E-state index contributed by atoms with van der Waals surface area (Å²) in [7, 11) is -3.40. The molecule has 0 aliphatic carbocycles. The van der Waals surface area contributed by atoms with Gasteiger partial charge in [-0.3, -0.25) is 4.79 Å². The van der Waals surface area contributed by atoms with E-state index >= 15 is 0 Å². The Bertz CT molecular complexity index is 412. The van der Waals surface area contributed by atoms with Crippen LogP contribution in [0.25, 0.3) is 0 Å². The van der Waals surface area contributed by atoms with E-state index in [9.17, 15) is 13.2 Å². The molecule has 1 N–H and O–H groups in total. The number of rotatable bonds is 2. The minimum absolute atomic E-state index is 0.165. The smallest absolute Gasteiger partial charge is 0.243 e. The molecule has 17 heavy (non-hydrogen) atoms. The zero-order valence-electron chi connectivity index (χ0n) is 11.2. The van der Waals surface area contributed by atoms with Gasteiger partial charge in [0.25, 0.3) is 0 Å². The number of amides is 1. The molecule has 1 heterocycles. The normalized spacial score (nSPS) is 21.4. The van der Waals surface area contributed by atoms with E-state index < -0.39 is 14.6 Å². The standard InChI is InChI=1S/C11H22N2O3S/c1-10(2)8-13(7-6-12-10)9(14)11(3,4)17(5,15)16/h12H,6-8H2,1-5H3. The SMILES string of the molecule is CC1(C)CN(C(=O)C(C)(C)S(C)(=O)=O)CCN1. The van der Waals surface area contributed by atoms with E-state index in [2.05, 4.69) is 5.32 Å². The Labute approximate surface area is 103 Å². The molecule has 0 atom stereocenters. The second-order valence-corrected chi connectivity index (χ2v) is 8.38. The first-order valence-electron chi connectivity index (χ1n) is 5.71. The summed E-state index contributed by atoms with van der Waals surface area (Å²) >= 11 is 0. The Hall–Kier alpha value is -0.620. The van der Waals surface area contributed by atoms with E-state index in [-0.39, 0.29) is 11.4 Å². The van der Waals surface area contributed by atoms with Crippen molar-refractivity contribution in [2.24, 2.45) is 0 Å². The van der Waals surface area contributed by atoms with Crippen molar-refractivity contribution in [1.29, 1.82) is 0 Å². The predicted molar refractivity (Wildman–Crippen MR) is 67.6 cm³/mol. The maximum atomic E-state index is 12.3. The summed E-state index contributed by atoms with van der Waals surface area (Å²) < 4.78 is 21.9. The molecule has 1 amide bonds. The molecule has 100 valence electrons. The third-order valence-corrected chi connectivity index (χ3v) is 5.33. The molecule has 5 nitrogen and oxygen atoms in total. The second kappa shape index (κ2) is 4.24. The molecular weight excluding hydrogens is 240 g/mol. The van der Waals surface area contributed by atoms with E-state index in [0.29, 0.717) is 19.6 Å². The summed E-state index contributed by atoms with van der Waals surface area (Å²) in [5, 5.41) is 3.29. The molecule has 0 aromatic rings. The van der Waals surface area contributed by atoms with E-state index in [1.807, 2.05) is 13.8 Å². The molecule has 0 saturated carbocycles. The van der Waals surface area contributed by atoms with Gasteiger partial charge in [0.15, 0.2) is 9.84 Å². The van der Waals surface area contributed by atoms with Crippen LogP contribution in [0.5, 0.6) is 0 Å². The zero-order valence-corrected chi connectivity index (χ0v) is 12.0. The average molecular weight is 262 g/mol. The maximum absolute atomic E-state index is 12.3. The molecule has 0 aromatic carbocycles. The van der Waals surface area contributed by atoms with Crippen molar-refractivity contribution < 1.29 is 13.2 Å². The van der Waals surface area contributed by atoms with Gasteiger partial charge in [0, 0.05) is 31.4 Å². The Morgan fingerprint density at radius 1 is 1.35 bits per heavy atom. The summed E-state index contributed by atoms with van der Waals surface area (Å²) in [4.78, 5) is 13.9. The molecule has 1 aliphatic heterocycles. The number of nitrogens with zero attached hydrogens (tertiary/aromatic N) is 1. The summed E-state index contributed by atoms with van der Waals surface area (Å²) in [6, 6.07) is 0. The predicted octanol–water partition coefficient (Wildman–Crippen LogP) is 0.0200. The first-order valence-corrected chi connectivity index (χ1v) is 7.60. The van der Waals surface area contributed by atoms with E-state index in [4.69, 9.17) is 0 Å². The lowest BCUT2D eigenvalue weighted by Crippen LogP contribution is -2.62. The van der Waals surface area contributed by atoms with Crippen molar-refractivity contribution in [1.82, 2.24) is 10.2 Å². The van der Waals surface area contributed by atoms with Crippen LogP contribution < -0.4 is 5.32 Å².